The molecule has 21 heavy (non-hydrogen) atoms. The number of piperazine rings is 1. The van der Waals surface area contributed by atoms with Crippen molar-refractivity contribution in [3.8, 4) is 0 Å². The monoisotopic (exact) mass is 291 g/mol. The largest absolute Gasteiger partial charge is 0.369 e. The average molecular weight is 291 g/mol. The van der Waals surface area contributed by atoms with Gasteiger partial charge in [0.1, 0.15) is 5.82 Å². The number of nitrogens with zero attached hydrogens (tertiary/aromatic N) is 2. The summed E-state index contributed by atoms with van der Waals surface area (Å²) in [6, 6.07) is 6.84. The molecule has 3 rings (SSSR count). The Morgan fingerprint density at radius 2 is 1.86 bits per heavy atom. The molecule has 2 aliphatic rings. The van der Waals surface area contributed by atoms with Crippen molar-refractivity contribution in [1.82, 2.24) is 4.90 Å². The summed E-state index contributed by atoms with van der Waals surface area (Å²) in [7, 11) is 0. The first-order chi connectivity index (χ1) is 10.2. The lowest BCUT2D eigenvalue weighted by Crippen LogP contribution is -2.61. The summed E-state index contributed by atoms with van der Waals surface area (Å²) < 4.78 is 13.0. The molecule has 0 bridgehead atoms. The van der Waals surface area contributed by atoms with Gasteiger partial charge in [-0.25, -0.2) is 4.39 Å². The van der Waals surface area contributed by atoms with Crippen molar-refractivity contribution in [2.24, 2.45) is 11.7 Å². The van der Waals surface area contributed by atoms with Crippen LogP contribution in [-0.2, 0) is 0 Å². The second kappa shape index (κ2) is 5.93. The van der Waals surface area contributed by atoms with Gasteiger partial charge in [-0.1, -0.05) is 13.3 Å². The van der Waals surface area contributed by atoms with E-state index < -0.39 is 0 Å². The van der Waals surface area contributed by atoms with Crippen molar-refractivity contribution in [3.63, 3.8) is 0 Å². The van der Waals surface area contributed by atoms with E-state index in [0.29, 0.717) is 5.92 Å². The molecular formula is C17H26FN3. The molecule has 2 fully saturated rings. The van der Waals surface area contributed by atoms with Crippen molar-refractivity contribution in [2.75, 3.05) is 37.6 Å². The fourth-order valence-corrected chi connectivity index (χ4v) is 4.19. The Morgan fingerprint density at radius 1 is 1.19 bits per heavy atom. The molecule has 0 aromatic heterocycles. The van der Waals surface area contributed by atoms with Crippen LogP contribution in [0.15, 0.2) is 24.3 Å². The minimum atomic E-state index is -0.167. The lowest BCUT2D eigenvalue weighted by atomic mass is 9.85. The van der Waals surface area contributed by atoms with Gasteiger partial charge in [0.25, 0.3) is 0 Å². The van der Waals surface area contributed by atoms with Gasteiger partial charge in [-0.2, -0.15) is 0 Å². The molecule has 1 saturated carbocycles. The average Bonchev–Trinajstić information content (AvgIpc) is 2.90. The highest BCUT2D eigenvalue weighted by atomic mass is 19.1. The maximum absolute atomic E-state index is 13.0. The van der Waals surface area contributed by atoms with Crippen LogP contribution >= 0.6 is 0 Å². The minimum Gasteiger partial charge on any atom is -0.369 e. The van der Waals surface area contributed by atoms with Crippen LogP contribution < -0.4 is 10.6 Å². The summed E-state index contributed by atoms with van der Waals surface area (Å²) in [5, 5.41) is 0. The van der Waals surface area contributed by atoms with Crippen LogP contribution in [0.5, 0.6) is 0 Å². The Morgan fingerprint density at radius 3 is 2.38 bits per heavy atom. The third-order valence-electron chi connectivity index (χ3n) is 5.62. The van der Waals surface area contributed by atoms with Crippen LogP contribution in [0.2, 0.25) is 0 Å². The molecule has 3 nitrogen and oxygen atoms in total. The Bertz CT molecular complexity index is 467. The molecule has 1 aliphatic heterocycles. The Kier molecular flexibility index (Phi) is 4.18. The molecule has 0 spiro atoms. The van der Waals surface area contributed by atoms with E-state index in [9.17, 15) is 4.39 Å². The molecule has 0 amide bonds. The topological polar surface area (TPSA) is 32.5 Å². The van der Waals surface area contributed by atoms with E-state index in [2.05, 4.69) is 16.7 Å². The van der Waals surface area contributed by atoms with E-state index in [4.69, 9.17) is 5.73 Å². The molecule has 1 heterocycles. The van der Waals surface area contributed by atoms with E-state index in [1.54, 1.807) is 12.1 Å². The van der Waals surface area contributed by atoms with Gasteiger partial charge in [0.2, 0.25) is 0 Å². The number of anilines is 1. The summed E-state index contributed by atoms with van der Waals surface area (Å²) in [6.07, 6.45) is 3.84. The van der Waals surface area contributed by atoms with Gasteiger partial charge in [0.15, 0.2) is 0 Å². The highest BCUT2D eigenvalue weighted by molar-refractivity contribution is 5.46. The first-order valence-corrected chi connectivity index (χ1v) is 8.11. The van der Waals surface area contributed by atoms with Crippen LogP contribution in [0.1, 0.15) is 26.2 Å². The quantitative estimate of drug-likeness (QED) is 0.928. The maximum atomic E-state index is 13.0. The molecule has 2 unspecified atom stereocenters. The van der Waals surface area contributed by atoms with Gasteiger partial charge in [-0.15, -0.1) is 0 Å². The number of benzene rings is 1. The van der Waals surface area contributed by atoms with Gasteiger partial charge < -0.3 is 10.6 Å². The van der Waals surface area contributed by atoms with Crippen LogP contribution in [0.3, 0.4) is 0 Å². The lowest BCUT2D eigenvalue weighted by molar-refractivity contribution is 0.0582. The zero-order chi connectivity index (χ0) is 14.9. The van der Waals surface area contributed by atoms with Crippen LogP contribution in [0.4, 0.5) is 10.1 Å². The first kappa shape index (κ1) is 14.8. The molecule has 116 valence electrons. The fourth-order valence-electron chi connectivity index (χ4n) is 4.19. The van der Waals surface area contributed by atoms with E-state index >= 15 is 0 Å². The molecule has 1 aliphatic carbocycles. The Balaban J connectivity index is 1.66. The summed E-state index contributed by atoms with van der Waals surface area (Å²) in [5.41, 5.74) is 7.50. The number of hydrogen-bond acceptors (Lipinski definition) is 3. The number of nitrogens with two attached hydrogens (primary N) is 1. The number of hydrogen-bond donors (Lipinski definition) is 1. The minimum absolute atomic E-state index is 0.167. The van der Waals surface area contributed by atoms with Crippen molar-refractivity contribution >= 4 is 5.69 Å². The van der Waals surface area contributed by atoms with Crippen LogP contribution in [-0.4, -0.2) is 43.2 Å². The summed E-state index contributed by atoms with van der Waals surface area (Å²) in [5.74, 6) is 0.527. The first-order valence-electron chi connectivity index (χ1n) is 8.11. The van der Waals surface area contributed by atoms with E-state index in [-0.39, 0.29) is 11.4 Å². The predicted octanol–water partition coefficient (Wildman–Crippen LogP) is 2.47. The SMILES string of the molecule is CC1CCCC1(CN)N1CCN(c2ccc(F)cc2)CC1. The second-order valence-electron chi connectivity index (χ2n) is 6.55. The smallest absolute Gasteiger partial charge is 0.123 e. The van der Waals surface area contributed by atoms with E-state index in [1.165, 1.54) is 19.3 Å². The summed E-state index contributed by atoms with van der Waals surface area (Å²) >= 11 is 0. The van der Waals surface area contributed by atoms with E-state index in [1.807, 2.05) is 12.1 Å². The lowest BCUT2D eigenvalue weighted by Gasteiger charge is -2.48. The van der Waals surface area contributed by atoms with Gasteiger partial charge in [0.05, 0.1) is 0 Å². The Hall–Kier alpha value is -1.13. The molecule has 0 radical (unpaired) electrons. The van der Waals surface area contributed by atoms with Crippen LogP contribution in [0, 0.1) is 11.7 Å². The highest BCUT2D eigenvalue weighted by Gasteiger charge is 2.44. The zero-order valence-electron chi connectivity index (χ0n) is 12.9. The van der Waals surface area contributed by atoms with Crippen molar-refractivity contribution in [3.05, 3.63) is 30.1 Å². The van der Waals surface area contributed by atoms with Gasteiger partial charge >= 0.3 is 0 Å². The summed E-state index contributed by atoms with van der Waals surface area (Å²) in [6.45, 7) is 7.23. The zero-order valence-corrected chi connectivity index (χ0v) is 12.9. The maximum Gasteiger partial charge on any atom is 0.123 e. The molecular weight excluding hydrogens is 265 g/mol. The van der Waals surface area contributed by atoms with E-state index in [0.717, 1.165) is 38.4 Å². The highest BCUT2D eigenvalue weighted by Crippen LogP contribution is 2.40. The van der Waals surface area contributed by atoms with Gasteiger partial charge in [0, 0.05) is 44.0 Å². The molecule has 1 saturated heterocycles. The second-order valence-corrected chi connectivity index (χ2v) is 6.55. The third-order valence-corrected chi connectivity index (χ3v) is 5.62. The predicted molar refractivity (Wildman–Crippen MR) is 85.0 cm³/mol. The van der Waals surface area contributed by atoms with Gasteiger partial charge in [-0.3, -0.25) is 4.90 Å². The summed E-state index contributed by atoms with van der Waals surface area (Å²) in [4.78, 5) is 4.96. The van der Waals surface area contributed by atoms with Gasteiger partial charge in [-0.05, 0) is 43.0 Å². The molecule has 2 atom stereocenters. The van der Waals surface area contributed by atoms with Crippen molar-refractivity contribution < 1.29 is 4.39 Å². The van der Waals surface area contributed by atoms with Crippen LogP contribution in [0.25, 0.3) is 0 Å². The van der Waals surface area contributed by atoms with Crippen molar-refractivity contribution in [2.45, 2.75) is 31.7 Å². The number of rotatable bonds is 3. The molecule has 4 heteroatoms. The fraction of sp³-hybridized carbons (Fsp3) is 0.647. The van der Waals surface area contributed by atoms with Crippen molar-refractivity contribution in [1.29, 1.82) is 0 Å². The molecule has 1 aromatic rings. The molecule has 1 aromatic carbocycles. The molecule has 2 N–H and O–H groups in total. The Labute approximate surface area is 126 Å². The number of halogens is 1. The third kappa shape index (κ3) is 2.67. The normalized spacial score (nSPS) is 30.8. The standard InChI is InChI=1S/C17H26FN3/c1-14-3-2-8-17(14,13-19)21-11-9-20(10-12-21)16-6-4-15(18)5-7-16/h4-7,14H,2-3,8-13,19H2,1H3.